The molecule has 3 rings (SSSR count). The van der Waals surface area contributed by atoms with Gasteiger partial charge in [0.05, 0.1) is 6.10 Å². The number of nitrogens with zero attached hydrogens (tertiary/aromatic N) is 2. The maximum atomic E-state index is 12.6. The predicted molar refractivity (Wildman–Crippen MR) is 79.0 cm³/mol. The van der Waals surface area contributed by atoms with Gasteiger partial charge in [0.25, 0.3) is 10.0 Å². The zero-order chi connectivity index (χ0) is 15.0. The number of nitrogens with one attached hydrogen (secondary N) is 1. The summed E-state index contributed by atoms with van der Waals surface area (Å²) in [5, 5.41) is -0.0714. The lowest BCUT2D eigenvalue weighted by atomic mass is 10.1. The molecule has 0 aromatic carbocycles. The Morgan fingerprint density at radius 2 is 2.33 bits per heavy atom. The van der Waals surface area contributed by atoms with Crippen LogP contribution in [-0.4, -0.2) is 36.6 Å². The van der Waals surface area contributed by atoms with Crippen LogP contribution in [0.1, 0.15) is 19.8 Å². The van der Waals surface area contributed by atoms with Crippen molar-refractivity contribution in [1.29, 1.82) is 0 Å². The van der Waals surface area contributed by atoms with Crippen molar-refractivity contribution in [1.82, 2.24) is 14.1 Å². The van der Waals surface area contributed by atoms with Crippen molar-refractivity contribution in [3.05, 3.63) is 29.5 Å². The van der Waals surface area contributed by atoms with Gasteiger partial charge in [0.2, 0.25) is 0 Å². The molecule has 2 aromatic heterocycles. The maximum Gasteiger partial charge on any atom is 0.260 e. The average Bonchev–Trinajstić information content (AvgIpc) is 3.04. The van der Waals surface area contributed by atoms with Gasteiger partial charge in [0.1, 0.15) is 5.65 Å². The topological polar surface area (TPSA) is 72.7 Å². The summed E-state index contributed by atoms with van der Waals surface area (Å²) in [7, 11) is -3.77. The van der Waals surface area contributed by atoms with E-state index in [4.69, 9.17) is 16.3 Å². The minimum absolute atomic E-state index is 0.0340. The van der Waals surface area contributed by atoms with Crippen LogP contribution in [0.4, 0.5) is 0 Å². The van der Waals surface area contributed by atoms with Crippen molar-refractivity contribution in [2.45, 2.75) is 36.9 Å². The Kier molecular flexibility index (Phi) is 3.92. The molecule has 2 unspecified atom stereocenters. The first-order valence-electron chi connectivity index (χ1n) is 6.75. The summed E-state index contributed by atoms with van der Waals surface area (Å²) in [5.41, 5.74) is 0.493. The van der Waals surface area contributed by atoms with Crippen molar-refractivity contribution in [2.75, 3.05) is 6.61 Å². The smallest absolute Gasteiger partial charge is 0.260 e. The lowest BCUT2D eigenvalue weighted by Crippen LogP contribution is -2.41. The molecule has 0 bridgehead atoms. The molecule has 0 radical (unpaired) electrons. The van der Waals surface area contributed by atoms with Crippen molar-refractivity contribution < 1.29 is 13.2 Å². The molecule has 1 fully saturated rings. The van der Waals surface area contributed by atoms with Gasteiger partial charge in [-0.2, -0.15) is 0 Å². The largest absolute Gasteiger partial charge is 0.377 e. The van der Waals surface area contributed by atoms with E-state index in [1.807, 2.05) is 0 Å². The Hall–Kier alpha value is -1.15. The minimum atomic E-state index is -3.77. The Labute approximate surface area is 128 Å². The molecule has 0 saturated carbocycles. The van der Waals surface area contributed by atoms with E-state index in [-0.39, 0.29) is 22.3 Å². The normalized spacial score (nSPS) is 21.0. The molecule has 1 aliphatic rings. The first kappa shape index (κ1) is 14.8. The third-order valence-electron chi connectivity index (χ3n) is 3.56. The van der Waals surface area contributed by atoms with Gasteiger partial charge in [0.15, 0.2) is 10.2 Å². The van der Waals surface area contributed by atoms with E-state index in [1.165, 1.54) is 4.40 Å². The van der Waals surface area contributed by atoms with Gasteiger partial charge < -0.3 is 4.74 Å². The second-order valence-electron chi connectivity index (χ2n) is 5.10. The molecule has 8 heteroatoms. The number of fused-ring (bicyclic) bond motifs is 1. The fraction of sp³-hybridized carbons (Fsp3) is 0.462. The first-order valence-corrected chi connectivity index (χ1v) is 8.61. The molecular formula is C13H16ClN3O3S. The third kappa shape index (κ3) is 2.78. The van der Waals surface area contributed by atoms with Crippen LogP contribution in [-0.2, 0) is 14.8 Å². The lowest BCUT2D eigenvalue weighted by molar-refractivity contribution is 0.0902. The highest BCUT2D eigenvalue weighted by molar-refractivity contribution is 7.89. The zero-order valence-electron chi connectivity index (χ0n) is 11.5. The Bertz CT molecular complexity index is 753. The third-order valence-corrected chi connectivity index (χ3v) is 5.52. The highest BCUT2D eigenvalue weighted by atomic mass is 35.5. The van der Waals surface area contributed by atoms with Gasteiger partial charge in [-0.3, -0.25) is 4.40 Å². The summed E-state index contributed by atoms with van der Waals surface area (Å²) in [4.78, 5) is 4.06. The van der Waals surface area contributed by atoms with E-state index < -0.39 is 10.0 Å². The van der Waals surface area contributed by atoms with Crippen LogP contribution < -0.4 is 4.72 Å². The van der Waals surface area contributed by atoms with Crippen molar-refractivity contribution in [3.8, 4) is 0 Å². The number of hydrogen-bond donors (Lipinski definition) is 1. The predicted octanol–water partition coefficient (Wildman–Crippen LogP) is 1.83. The lowest BCUT2D eigenvalue weighted by Gasteiger charge is -2.19. The van der Waals surface area contributed by atoms with Crippen LogP contribution in [0.15, 0.2) is 29.4 Å². The van der Waals surface area contributed by atoms with E-state index in [0.29, 0.717) is 12.3 Å². The van der Waals surface area contributed by atoms with E-state index in [0.717, 1.165) is 12.8 Å². The Morgan fingerprint density at radius 3 is 3.05 bits per heavy atom. The quantitative estimate of drug-likeness (QED) is 0.929. The monoisotopic (exact) mass is 329 g/mol. The molecule has 2 aromatic rings. The Morgan fingerprint density at radius 1 is 1.52 bits per heavy atom. The second-order valence-corrected chi connectivity index (χ2v) is 7.09. The van der Waals surface area contributed by atoms with Gasteiger partial charge in [0, 0.05) is 18.8 Å². The second kappa shape index (κ2) is 5.57. The SMILES string of the molecule is CC(NS(=O)(=O)c1c(Cl)nc2ccccn12)C1CCCO1. The van der Waals surface area contributed by atoms with E-state index in [1.54, 1.807) is 31.3 Å². The zero-order valence-corrected chi connectivity index (χ0v) is 13.1. The molecule has 1 N–H and O–H groups in total. The van der Waals surface area contributed by atoms with Crippen molar-refractivity contribution >= 4 is 27.3 Å². The molecule has 6 nitrogen and oxygen atoms in total. The molecule has 3 heterocycles. The molecule has 0 aliphatic carbocycles. The Balaban J connectivity index is 1.94. The molecule has 21 heavy (non-hydrogen) atoms. The molecule has 0 spiro atoms. The molecular weight excluding hydrogens is 314 g/mol. The fourth-order valence-electron chi connectivity index (χ4n) is 2.56. The molecule has 2 atom stereocenters. The van der Waals surface area contributed by atoms with Crippen LogP contribution >= 0.6 is 11.6 Å². The number of rotatable bonds is 4. The summed E-state index contributed by atoms with van der Waals surface area (Å²) in [6, 6.07) is 4.89. The van der Waals surface area contributed by atoms with Gasteiger partial charge in [-0.05, 0) is 31.9 Å². The van der Waals surface area contributed by atoms with Crippen LogP contribution in [0.2, 0.25) is 5.15 Å². The number of pyridine rings is 1. The van der Waals surface area contributed by atoms with Gasteiger partial charge in [-0.1, -0.05) is 17.7 Å². The number of imidazole rings is 1. The summed E-state index contributed by atoms with van der Waals surface area (Å²) >= 11 is 6.01. The molecule has 1 aliphatic heterocycles. The molecule has 0 amide bonds. The van der Waals surface area contributed by atoms with Gasteiger partial charge in [-0.15, -0.1) is 0 Å². The van der Waals surface area contributed by atoms with Crippen LogP contribution in [0.25, 0.3) is 5.65 Å². The van der Waals surface area contributed by atoms with E-state index in [2.05, 4.69) is 9.71 Å². The van der Waals surface area contributed by atoms with Crippen LogP contribution in [0.5, 0.6) is 0 Å². The highest BCUT2D eigenvalue weighted by Gasteiger charge is 2.30. The summed E-state index contributed by atoms with van der Waals surface area (Å²) in [6.07, 6.45) is 3.33. The standard InChI is InChI=1S/C13H16ClN3O3S/c1-9(10-5-4-8-20-10)16-21(18,19)13-12(14)15-11-6-2-3-7-17(11)13/h2-3,6-7,9-10,16H,4-5,8H2,1H3. The highest BCUT2D eigenvalue weighted by Crippen LogP contribution is 2.24. The minimum Gasteiger partial charge on any atom is -0.377 e. The average molecular weight is 330 g/mol. The maximum absolute atomic E-state index is 12.6. The number of ether oxygens (including phenoxy) is 1. The summed E-state index contributed by atoms with van der Waals surface area (Å²) < 4.78 is 34.8. The van der Waals surface area contributed by atoms with Crippen molar-refractivity contribution in [3.63, 3.8) is 0 Å². The molecule has 114 valence electrons. The fourth-order valence-corrected chi connectivity index (χ4v) is 4.47. The number of hydrogen-bond acceptors (Lipinski definition) is 4. The number of sulfonamides is 1. The van der Waals surface area contributed by atoms with Crippen molar-refractivity contribution in [2.24, 2.45) is 0 Å². The first-order chi connectivity index (χ1) is 9.99. The van der Waals surface area contributed by atoms with Gasteiger partial charge in [-0.25, -0.2) is 18.1 Å². The van der Waals surface area contributed by atoms with E-state index >= 15 is 0 Å². The molecule has 1 saturated heterocycles. The van der Waals surface area contributed by atoms with E-state index in [9.17, 15) is 8.42 Å². The number of aromatic nitrogens is 2. The summed E-state index contributed by atoms with van der Waals surface area (Å²) in [6.45, 7) is 2.47. The summed E-state index contributed by atoms with van der Waals surface area (Å²) in [5.74, 6) is 0. The van der Waals surface area contributed by atoms with Crippen LogP contribution in [0.3, 0.4) is 0 Å². The van der Waals surface area contributed by atoms with Gasteiger partial charge >= 0.3 is 0 Å². The number of halogens is 1. The van der Waals surface area contributed by atoms with Crippen LogP contribution in [0, 0.1) is 0 Å².